The highest BCUT2D eigenvalue weighted by molar-refractivity contribution is 5.83. The molecule has 0 saturated carbocycles. The molecule has 1 aromatic carbocycles. The van der Waals surface area contributed by atoms with E-state index in [1.165, 1.54) is 5.56 Å². The third kappa shape index (κ3) is 1.73. The highest BCUT2D eigenvalue weighted by Gasteiger charge is 2.42. The Balaban J connectivity index is 1.86. The molecule has 1 fully saturated rings. The standard InChI is InChI=1S/C16H18N4O/c1-10-5-7-12(8-6-10)14-17-18-15-13-4-3-9-19(13)16(21)11(2)20(14)15/h5-8,11,13H,3-4,9H2,1-2H3/t11-,13+/m0/s1. The second-order valence-electron chi connectivity index (χ2n) is 5.98. The van der Waals surface area contributed by atoms with E-state index in [1.54, 1.807) is 0 Å². The van der Waals surface area contributed by atoms with Gasteiger partial charge in [0.2, 0.25) is 5.91 Å². The van der Waals surface area contributed by atoms with Gasteiger partial charge in [0.1, 0.15) is 6.04 Å². The third-order valence-corrected chi connectivity index (χ3v) is 4.61. The lowest BCUT2D eigenvalue weighted by atomic mass is 10.1. The Morgan fingerprint density at radius 3 is 2.71 bits per heavy atom. The fraction of sp³-hybridized carbons (Fsp3) is 0.438. The second kappa shape index (κ2) is 4.41. The zero-order valence-electron chi connectivity index (χ0n) is 12.3. The summed E-state index contributed by atoms with van der Waals surface area (Å²) in [6.45, 7) is 4.85. The van der Waals surface area contributed by atoms with Gasteiger partial charge in [0.15, 0.2) is 11.6 Å². The fourth-order valence-electron chi connectivity index (χ4n) is 3.46. The summed E-state index contributed by atoms with van der Waals surface area (Å²) in [6, 6.07) is 8.11. The van der Waals surface area contributed by atoms with Gasteiger partial charge in [-0.25, -0.2) is 0 Å². The number of fused-ring (bicyclic) bond motifs is 3. The first kappa shape index (κ1) is 12.6. The molecule has 0 spiro atoms. The molecule has 1 amide bonds. The molecule has 2 aliphatic rings. The maximum Gasteiger partial charge on any atom is 0.246 e. The van der Waals surface area contributed by atoms with E-state index in [1.807, 2.05) is 28.5 Å². The number of nitrogens with zero attached hydrogens (tertiary/aromatic N) is 4. The minimum absolute atomic E-state index is 0.111. The summed E-state index contributed by atoms with van der Waals surface area (Å²) in [4.78, 5) is 14.5. The van der Waals surface area contributed by atoms with E-state index in [-0.39, 0.29) is 18.0 Å². The number of amides is 1. The molecule has 3 heterocycles. The smallest absolute Gasteiger partial charge is 0.246 e. The summed E-state index contributed by atoms with van der Waals surface area (Å²) >= 11 is 0. The van der Waals surface area contributed by atoms with Crippen LogP contribution in [0.4, 0.5) is 0 Å². The molecule has 4 rings (SSSR count). The molecular weight excluding hydrogens is 264 g/mol. The van der Waals surface area contributed by atoms with Crippen LogP contribution in [0.25, 0.3) is 11.4 Å². The van der Waals surface area contributed by atoms with E-state index in [2.05, 4.69) is 29.3 Å². The Labute approximate surface area is 123 Å². The van der Waals surface area contributed by atoms with E-state index in [9.17, 15) is 4.79 Å². The summed E-state index contributed by atoms with van der Waals surface area (Å²) in [5.74, 6) is 1.94. The van der Waals surface area contributed by atoms with Gasteiger partial charge in [0.05, 0.1) is 6.04 Å². The summed E-state index contributed by atoms with van der Waals surface area (Å²) in [7, 11) is 0. The maximum absolute atomic E-state index is 12.6. The monoisotopic (exact) mass is 282 g/mol. The number of rotatable bonds is 1. The molecule has 21 heavy (non-hydrogen) atoms. The molecule has 2 atom stereocenters. The van der Waals surface area contributed by atoms with Gasteiger partial charge < -0.3 is 4.90 Å². The molecular formula is C16H18N4O. The highest BCUT2D eigenvalue weighted by atomic mass is 16.2. The van der Waals surface area contributed by atoms with Crippen molar-refractivity contribution in [1.82, 2.24) is 19.7 Å². The van der Waals surface area contributed by atoms with Crippen molar-refractivity contribution in [3.8, 4) is 11.4 Å². The quantitative estimate of drug-likeness (QED) is 0.807. The summed E-state index contributed by atoms with van der Waals surface area (Å²) in [5, 5.41) is 8.78. The zero-order valence-corrected chi connectivity index (χ0v) is 12.3. The van der Waals surface area contributed by atoms with Gasteiger partial charge in [-0.1, -0.05) is 29.8 Å². The number of aryl methyl sites for hydroxylation is 1. The van der Waals surface area contributed by atoms with Gasteiger partial charge in [-0.05, 0) is 26.7 Å². The Morgan fingerprint density at radius 1 is 1.19 bits per heavy atom. The molecule has 108 valence electrons. The molecule has 0 unspecified atom stereocenters. The van der Waals surface area contributed by atoms with Crippen LogP contribution >= 0.6 is 0 Å². The van der Waals surface area contributed by atoms with E-state index < -0.39 is 0 Å². The molecule has 0 radical (unpaired) electrons. The van der Waals surface area contributed by atoms with Crippen LogP contribution in [0.3, 0.4) is 0 Å². The van der Waals surface area contributed by atoms with Gasteiger partial charge in [-0.2, -0.15) is 0 Å². The minimum Gasteiger partial charge on any atom is -0.331 e. The van der Waals surface area contributed by atoms with Crippen molar-refractivity contribution < 1.29 is 4.79 Å². The largest absolute Gasteiger partial charge is 0.331 e. The van der Waals surface area contributed by atoms with E-state index in [0.717, 1.165) is 36.6 Å². The predicted molar refractivity (Wildman–Crippen MR) is 78.6 cm³/mol. The molecule has 2 aliphatic heterocycles. The van der Waals surface area contributed by atoms with Crippen LogP contribution in [0, 0.1) is 6.92 Å². The molecule has 0 N–H and O–H groups in total. The third-order valence-electron chi connectivity index (χ3n) is 4.61. The number of aromatic nitrogens is 3. The molecule has 1 aromatic heterocycles. The second-order valence-corrected chi connectivity index (χ2v) is 5.98. The summed E-state index contributed by atoms with van der Waals surface area (Å²) < 4.78 is 2.03. The maximum atomic E-state index is 12.6. The van der Waals surface area contributed by atoms with Crippen LogP contribution in [0.5, 0.6) is 0 Å². The van der Waals surface area contributed by atoms with Crippen LogP contribution in [0.2, 0.25) is 0 Å². The van der Waals surface area contributed by atoms with Crippen molar-refractivity contribution in [3.05, 3.63) is 35.7 Å². The van der Waals surface area contributed by atoms with Crippen LogP contribution < -0.4 is 0 Å². The average molecular weight is 282 g/mol. The number of benzene rings is 1. The lowest BCUT2D eigenvalue weighted by Crippen LogP contribution is -2.42. The zero-order chi connectivity index (χ0) is 14.6. The van der Waals surface area contributed by atoms with Gasteiger partial charge in [-0.15, -0.1) is 10.2 Å². The van der Waals surface area contributed by atoms with Crippen LogP contribution in [0.15, 0.2) is 24.3 Å². The SMILES string of the molecule is Cc1ccc(-c2nnc3n2[C@@H](C)C(=O)N2CCC[C@H]32)cc1. The Bertz CT molecular complexity index is 704. The van der Waals surface area contributed by atoms with Crippen molar-refractivity contribution in [2.45, 2.75) is 38.8 Å². The van der Waals surface area contributed by atoms with Crippen LogP contribution in [0.1, 0.15) is 43.2 Å². The lowest BCUT2D eigenvalue weighted by molar-refractivity contribution is -0.137. The highest BCUT2D eigenvalue weighted by Crippen LogP contribution is 2.40. The summed E-state index contributed by atoms with van der Waals surface area (Å²) in [5.41, 5.74) is 2.23. The van der Waals surface area contributed by atoms with Crippen molar-refractivity contribution in [3.63, 3.8) is 0 Å². The molecule has 0 bridgehead atoms. The van der Waals surface area contributed by atoms with Crippen molar-refractivity contribution in [2.75, 3.05) is 6.54 Å². The van der Waals surface area contributed by atoms with E-state index in [0.29, 0.717) is 0 Å². The van der Waals surface area contributed by atoms with E-state index >= 15 is 0 Å². The first-order chi connectivity index (χ1) is 10.2. The molecule has 5 nitrogen and oxygen atoms in total. The lowest BCUT2D eigenvalue weighted by Gasteiger charge is -2.34. The van der Waals surface area contributed by atoms with Crippen molar-refractivity contribution in [2.24, 2.45) is 0 Å². The number of hydrogen-bond acceptors (Lipinski definition) is 3. The van der Waals surface area contributed by atoms with Crippen molar-refractivity contribution in [1.29, 1.82) is 0 Å². The molecule has 5 heteroatoms. The Morgan fingerprint density at radius 2 is 1.95 bits per heavy atom. The Kier molecular flexibility index (Phi) is 2.64. The molecule has 0 aliphatic carbocycles. The van der Waals surface area contributed by atoms with Gasteiger partial charge >= 0.3 is 0 Å². The van der Waals surface area contributed by atoms with Gasteiger partial charge in [-0.3, -0.25) is 9.36 Å². The predicted octanol–water partition coefficient (Wildman–Crippen LogP) is 2.49. The van der Waals surface area contributed by atoms with Gasteiger partial charge in [0, 0.05) is 12.1 Å². The van der Waals surface area contributed by atoms with Crippen LogP contribution in [-0.2, 0) is 4.79 Å². The van der Waals surface area contributed by atoms with Gasteiger partial charge in [0.25, 0.3) is 0 Å². The Hall–Kier alpha value is -2.17. The fourth-order valence-corrected chi connectivity index (χ4v) is 3.46. The number of carbonyl (C=O) groups is 1. The van der Waals surface area contributed by atoms with Crippen LogP contribution in [-0.4, -0.2) is 32.1 Å². The molecule has 2 aromatic rings. The number of carbonyl (C=O) groups excluding carboxylic acids is 1. The average Bonchev–Trinajstić information content (AvgIpc) is 3.12. The minimum atomic E-state index is -0.222. The first-order valence-electron chi connectivity index (χ1n) is 7.49. The molecule has 1 saturated heterocycles. The van der Waals surface area contributed by atoms with E-state index in [4.69, 9.17) is 0 Å². The first-order valence-corrected chi connectivity index (χ1v) is 7.49. The normalized spacial score (nSPS) is 24.1. The topological polar surface area (TPSA) is 51.0 Å². The van der Waals surface area contributed by atoms with Crippen molar-refractivity contribution >= 4 is 5.91 Å². The summed E-state index contributed by atoms with van der Waals surface area (Å²) in [6.07, 6.45) is 2.04. The number of hydrogen-bond donors (Lipinski definition) is 0.